The number of carbonyl (C=O) groups excluding carboxylic acids is 1. The van der Waals surface area contributed by atoms with Crippen LogP contribution in [-0.4, -0.2) is 28.3 Å². The molecule has 1 heterocycles. The van der Waals surface area contributed by atoms with Gasteiger partial charge in [0.15, 0.2) is 0 Å². The van der Waals surface area contributed by atoms with Crippen LogP contribution in [0.25, 0.3) is 5.69 Å². The van der Waals surface area contributed by atoms with Crippen LogP contribution in [0.15, 0.2) is 36.5 Å². The number of amides is 1. The van der Waals surface area contributed by atoms with Crippen LogP contribution in [0.2, 0.25) is 0 Å². The van der Waals surface area contributed by atoms with Crippen LogP contribution in [-0.2, 0) is 11.3 Å². The van der Waals surface area contributed by atoms with Crippen LogP contribution in [0.3, 0.4) is 0 Å². The highest BCUT2D eigenvalue weighted by molar-refractivity contribution is 5.88. The molecule has 6 heteroatoms. The van der Waals surface area contributed by atoms with E-state index in [0.717, 1.165) is 30.0 Å². The first kappa shape index (κ1) is 13.6. The quantitative estimate of drug-likeness (QED) is 0.858. The number of hydrogen-bond donors (Lipinski definition) is 2. The molecule has 1 saturated carbocycles. The summed E-state index contributed by atoms with van der Waals surface area (Å²) < 4.78 is 6.88. The SMILES string of the molecule is COc1ccc(-n2ccc(CNC(=O)C3(N)CC3)n2)cc1. The van der Waals surface area contributed by atoms with Gasteiger partial charge >= 0.3 is 0 Å². The number of methoxy groups -OCH3 is 1. The Hall–Kier alpha value is -2.34. The van der Waals surface area contributed by atoms with Crippen molar-refractivity contribution in [3.05, 3.63) is 42.2 Å². The van der Waals surface area contributed by atoms with Crippen LogP contribution in [0.5, 0.6) is 5.75 Å². The van der Waals surface area contributed by atoms with Crippen molar-refractivity contribution in [1.82, 2.24) is 15.1 Å². The monoisotopic (exact) mass is 286 g/mol. The highest BCUT2D eigenvalue weighted by Crippen LogP contribution is 2.32. The molecule has 1 fully saturated rings. The van der Waals surface area contributed by atoms with Gasteiger partial charge < -0.3 is 15.8 Å². The molecule has 0 unspecified atom stereocenters. The molecule has 0 aliphatic heterocycles. The Kier molecular flexibility index (Phi) is 3.39. The van der Waals surface area contributed by atoms with Crippen molar-refractivity contribution in [2.75, 3.05) is 7.11 Å². The second kappa shape index (κ2) is 5.21. The molecule has 2 aromatic rings. The van der Waals surface area contributed by atoms with E-state index < -0.39 is 5.54 Å². The number of rotatable bonds is 5. The molecule has 1 aliphatic carbocycles. The average molecular weight is 286 g/mol. The molecule has 6 nitrogen and oxygen atoms in total. The minimum Gasteiger partial charge on any atom is -0.497 e. The summed E-state index contributed by atoms with van der Waals surface area (Å²) in [5.41, 5.74) is 6.92. The number of aromatic nitrogens is 2. The van der Waals surface area contributed by atoms with Gasteiger partial charge in [0.2, 0.25) is 5.91 Å². The molecule has 0 atom stereocenters. The minimum atomic E-state index is -0.640. The van der Waals surface area contributed by atoms with Crippen molar-refractivity contribution < 1.29 is 9.53 Å². The van der Waals surface area contributed by atoms with E-state index in [-0.39, 0.29) is 5.91 Å². The average Bonchev–Trinajstić information content (AvgIpc) is 3.10. The van der Waals surface area contributed by atoms with Gasteiger partial charge in [-0.25, -0.2) is 4.68 Å². The van der Waals surface area contributed by atoms with Crippen molar-refractivity contribution in [3.8, 4) is 11.4 Å². The lowest BCUT2D eigenvalue weighted by Crippen LogP contribution is -2.42. The number of nitrogens with one attached hydrogen (secondary N) is 1. The molecule has 0 radical (unpaired) electrons. The van der Waals surface area contributed by atoms with Crippen molar-refractivity contribution in [2.45, 2.75) is 24.9 Å². The zero-order chi connectivity index (χ0) is 14.9. The standard InChI is InChI=1S/C15H18N4O2/c1-21-13-4-2-12(3-5-13)19-9-6-11(18-19)10-17-14(20)15(16)7-8-15/h2-6,9H,7-8,10,16H2,1H3,(H,17,20). The third kappa shape index (κ3) is 2.90. The van der Waals surface area contributed by atoms with Crippen molar-refractivity contribution >= 4 is 5.91 Å². The second-order valence-corrected chi connectivity index (χ2v) is 5.29. The number of ether oxygens (including phenoxy) is 1. The van der Waals surface area contributed by atoms with Gasteiger partial charge in [0, 0.05) is 6.20 Å². The summed E-state index contributed by atoms with van der Waals surface area (Å²) in [7, 11) is 1.63. The van der Waals surface area contributed by atoms with Crippen LogP contribution >= 0.6 is 0 Å². The first-order valence-electron chi connectivity index (χ1n) is 6.87. The number of nitrogens with two attached hydrogens (primary N) is 1. The predicted molar refractivity (Wildman–Crippen MR) is 78.1 cm³/mol. The Balaban J connectivity index is 1.64. The number of benzene rings is 1. The number of carbonyl (C=O) groups is 1. The molecule has 0 saturated heterocycles. The molecule has 110 valence electrons. The number of nitrogens with zero attached hydrogens (tertiary/aromatic N) is 2. The van der Waals surface area contributed by atoms with E-state index in [1.807, 2.05) is 36.5 Å². The van der Waals surface area contributed by atoms with E-state index in [1.54, 1.807) is 11.8 Å². The van der Waals surface area contributed by atoms with E-state index in [4.69, 9.17) is 10.5 Å². The molecule has 1 aromatic carbocycles. The lowest BCUT2D eigenvalue weighted by atomic mass is 10.2. The van der Waals surface area contributed by atoms with Gasteiger partial charge in [-0.3, -0.25) is 4.79 Å². The highest BCUT2D eigenvalue weighted by atomic mass is 16.5. The summed E-state index contributed by atoms with van der Waals surface area (Å²) in [6.07, 6.45) is 3.39. The van der Waals surface area contributed by atoms with E-state index in [1.165, 1.54) is 0 Å². The number of hydrogen-bond acceptors (Lipinski definition) is 4. The van der Waals surface area contributed by atoms with E-state index in [9.17, 15) is 4.79 Å². The summed E-state index contributed by atoms with van der Waals surface area (Å²) in [4.78, 5) is 11.8. The van der Waals surface area contributed by atoms with E-state index in [2.05, 4.69) is 10.4 Å². The molecule has 3 N–H and O–H groups in total. The fourth-order valence-corrected chi connectivity index (χ4v) is 2.04. The van der Waals surface area contributed by atoms with Crippen LogP contribution in [0.1, 0.15) is 18.5 Å². The molecule has 0 spiro atoms. The Morgan fingerprint density at radius 2 is 2.10 bits per heavy atom. The fraction of sp³-hybridized carbons (Fsp3) is 0.333. The summed E-state index contributed by atoms with van der Waals surface area (Å²) in [6, 6.07) is 9.48. The van der Waals surface area contributed by atoms with Gasteiger partial charge in [-0.1, -0.05) is 0 Å². The summed E-state index contributed by atoms with van der Waals surface area (Å²) >= 11 is 0. The topological polar surface area (TPSA) is 82.2 Å². The smallest absolute Gasteiger partial charge is 0.240 e. The van der Waals surface area contributed by atoms with Gasteiger partial charge in [-0.15, -0.1) is 0 Å². The van der Waals surface area contributed by atoms with Gasteiger partial charge in [0.1, 0.15) is 5.75 Å². The van der Waals surface area contributed by atoms with Crippen LogP contribution in [0, 0.1) is 0 Å². The van der Waals surface area contributed by atoms with E-state index in [0.29, 0.717) is 6.54 Å². The van der Waals surface area contributed by atoms with Crippen molar-refractivity contribution in [3.63, 3.8) is 0 Å². The Morgan fingerprint density at radius 1 is 1.38 bits per heavy atom. The maximum absolute atomic E-state index is 11.8. The van der Waals surface area contributed by atoms with Crippen LogP contribution in [0.4, 0.5) is 0 Å². The summed E-state index contributed by atoms with van der Waals surface area (Å²) in [6.45, 7) is 0.390. The minimum absolute atomic E-state index is 0.0958. The molecular formula is C15H18N4O2. The van der Waals surface area contributed by atoms with Gasteiger partial charge in [-0.05, 0) is 43.2 Å². The lowest BCUT2D eigenvalue weighted by Gasteiger charge is -2.08. The summed E-state index contributed by atoms with van der Waals surface area (Å²) in [5.74, 6) is 0.706. The Labute approximate surface area is 122 Å². The van der Waals surface area contributed by atoms with E-state index >= 15 is 0 Å². The molecule has 1 amide bonds. The van der Waals surface area contributed by atoms with Crippen molar-refractivity contribution in [1.29, 1.82) is 0 Å². The normalized spacial score (nSPS) is 15.5. The third-order valence-electron chi connectivity index (χ3n) is 3.65. The summed E-state index contributed by atoms with van der Waals surface area (Å²) in [5, 5.41) is 7.26. The highest BCUT2D eigenvalue weighted by Gasteiger charge is 2.45. The molecular weight excluding hydrogens is 268 g/mol. The molecule has 3 rings (SSSR count). The van der Waals surface area contributed by atoms with Gasteiger partial charge in [0.05, 0.1) is 30.6 Å². The molecule has 21 heavy (non-hydrogen) atoms. The molecule has 1 aromatic heterocycles. The van der Waals surface area contributed by atoms with Crippen molar-refractivity contribution in [2.24, 2.45) is 5.73 Å². The predicted octanol–water partition coefficient (Wildman–Crippen LogP) is 0.988. The first-order valence-corrected chi connectivity index (χ1v) is 6.87. The van der Waals surface area contributed by atoms with Gasteiger partial charge in [0.25, 0.3) is 0 Å². The van der Waals surface area contributed by atoms with Gasteiger partial charge in [-0.2, -0.15) is 5.10 Å². The maximum atomic E-state index is 11.8. The molecule has 1 aliphatic rings. The van der Waals surface area contributed by atoms with Crippen LogP contribution < -0.4 is 15.8 Å². The third-order valence-corrected chi connectivity index (χ3v) is 3.65. The zero-order valence-corrected chi connectivity index (χ0v) is 11.9. The lowest BCUT2D eigenvalue weighted by molar-refractivity contribution is -0.123. The Bertz CT molecular complexity index is 644. The Morgan fingerprint density at radius 3 is 2.71 bits per heavy atom. The zero-order valence-electron chi connectivity index (χ0n) is 11.9. The second-order valence-electron chi connectivity index (χ2n) is 5.29. The first-order chi connectivity index (χ1) is 10.1. The maximum Gasteiger partial charge on any atom is 0.240 e. The fourth-order valence-electron chi connectivity index (χ4n) is 2.04. The largest absolute Gasteiger partial charge is 0.497 e. The molecule has 0 bridgehead atoms.